The number of benzene rings is 1. The lowest BCUT2D eigenvalue weighted by atomic mass is 9.83. The number of nitro benzene ring substituents is 1. The molecule has 104 valence electrons. The summed E-state index contributed by atoms with van der Waals surface area (Å²) in [5.41, 5.74) is 0.338. The molecule has 0 spiro atoms. The van der Waals surface area contributed by atoms with Crippen LogP contribution in [0.25, 0.3) is 0 Å². The number of likely N-dealkylation sites (tertiary alicyclic amines) is 1. The van der Waals surface area contributed by atoms with E-state index in [0.29, 0.717) is 24.1 Å². The minimum Gasteiger partial charge on any atom is -0.387 e. The van der Waals surface area contributed by atoms with E-state index in [4.69, 9.17) is 0 Å². The number of halogens is 1. The van der Waals surface area contributed by atoms with Crippen LogP contribution in [0.2, 0.25) is 0 Å². The van der Waals surface area contributed by atoms with Crippen molar-refractivity contribution >= 4 is 21.6 Å². The van der Waals surface area contributed by atoms with E-state index in [1.54, 1.807) is 6.07 Å². The highest BCUT2D eigenvalue weighted by Crippen LogP contribution is 2.33. The standard InChI is InChI=1S/C13H17BrN2O3/c1-9(2)13(17)7-15(8-13)6-10-4-3-5-11(12(10)14)16(18)19/h3-5,9,17H,6-8H2,1-2H3. The molecule has 1 aliphatic rings. The van der Waals surface area contributed by atoms with E-state index in [9.17, 15) is 15.2 Å². The molecular weight excluding hydrogens is 312 g/mol. The Morgan fingerprint density at radius 3 is 2.68 bits per heavy atom. The van der Waals surface area contributed by atoms with Crippen LogP contribution in [-0.4, -0.2) is 33.6 Å². The first-order valence-electron chi connectivity index (χ1n) is 6.20. The Kier molecular flexibility index (Phi) is 3.94. The van der Waals surface area contributed by atoms with E-state index in [1.165, 1.54) is 6.07 Å². The number of nitrogens with zero attached hydrogens (tertiary/aromatic N) is 2. The van der Waals surface area contributed by atoms with Gasteiger partial charge in [0.2, 0.25) is 0 Å². The van der Waals surface area contributed by atoms with Crippen molar-refractivity contribution in [1.29, 1.82) is 0 Å². The Morgan fingerprint density at radius 2 is 2.16 bits per heavy atom. The molecule has 0 bridgehead atoms. The molecule has 0 unspecified atom stereocenters. The smallest absolute Gasteiger partial charge is 0.283 e. The SMILES string of the molecule is CC(C)C1(O)CN(Cc2cccc([N+](=O)[O-])c2Br)C1. The van der Waals surface area contributed by atoms with Crippen LogP contribution in [0.1, 0.15) is 19.4 Å². The third kappa shape index (κ3) is 2.80. The van der Waals surface area contributed by atoms with Crippen molar-refractivity contribution in [3.8, 4) is 0 Å². The predicted molar refractivity (Wildman–Crippen MR) is 75.9 cm³/mol. The van der Waals surface area contributed by atoms with Crippen molar-refractivity contribution in [2.75, 3.05) is 13.1 Å². The van der Waals surface area contributed by atoms with Gasteiger partial charge in [-0.05, 0) is 27.4 Å². The first-order valence-corrected chi connectivity index (χ1v) is 6.99. The minimum absolute atomic E-state index is 0.0807. The van der Waals surface area contributed by atoms with Crippen molar-refractivity contribution in [1.82, 2.24) is 4.90 Å². The summed E-state index contributed by atoms with van der Waals surface area (Å²) >= 11 is 3.29. The van der Waals surface area contributed by atoms with E-state index in [2.05, 4.69) is 20.8 Å². The van der Waals surface area contributed by atoms with Gasteiger partial charge in [0.15, 0.2) is 0 Å². The minimum atomic E-state index is -0.618. The topological polar surface area (TPSA) is 66.6 Å². The second-order valence-corrected chi connectivity index (χ2v) is 6.20. The summed E-state index contributed by atoms with van der Waals surface area (Å²) in [6.07, 6.45) is 0. The molecule has 1 aromatic rings. The van der Waals surface area contributed by atoms with Crippen molar-refractivity contribution < 1.29 is 10.0 Å². The quantitative estimate of drug-likeness (QED) is 0.681. The van der Waals surface area contributed by atoms with Crippen LogP contribution in [0.5, 0.6) is 0 Å². The zero-order chi connectivity index (χ0) is 14.2. The van der Waals surface area contributed by atoms with Crippen LogP contribution in [0.15, 0.2) is 22.7 Å². The lowest BCUT2D eigenvalue weighted by molar-refractivity contribution is -0.385. The lowest BCUT2D eigenvalue weighted by Gasteiger charge is -2.49. The van der Waals surface area contributed by atoms with Gasteiger partial charge < -0.3 is 5.11 Å². The summed E-state index contributed by atoms with van der Waals surface area (Å²) in [7, 11) is 0. The second kappa shape index (κ2) is 5.19. The number of nitro groups is 1. The first kappa shape index (κ1) is 14.4. The molecule has 1 saturated heterocycles. The Balaban J connectivity index is 2.06. The van der Waals surface area contributed by atoms with E-state index in [1.807, 2.05) is 19.9 Å². The zero-order valence-electron chi connectivity index (χ0n) is 11.0. The largest absolute Gasteiger partial charge is 0.387 e. The van der Waals surface area contributed by atoms with Crippen molar-refractivity contribution in [3.05, 3.63) is 38.3 Å². The highest BCUT2D eigenvalue weighted by molar-refractivity contribution is 9.10. The van der Waals surface area contributed by atoms with Crippen LogP contribution < -0.4 is 0 Å². The summed E-state index contributed by atoms with van der Waals surface area (Å²) in [6.45, 7) is 5.83. The number of hydrogen-bond donors (Lipinski definition) is 1. The average Bonchev–Trinajstić information content (AvgIpc) is 2.28. The van der Waals surface area contributed by atoms with Gasteiger partial charge in [-0.2, -0.15) is 0 Å². The van der Waals surface area contributed by atoms with E-state index in [0.717, 1.165) is 5.56 Å². The van der Waals surface area contributed by atoms with Gasteiger partial charge in [-0.25, -0.2) is 0 Å². The third-order valence-corrected chi connectivity index (χ3v) is 4.63. The van der Waals surface area contributed by atoms with Gasteiger partial charge in [-0.1, -0.05) is 26.0 Å². The van der Waals surface area contributed by atoms with Crippen LogP contribution in [0.4, 0.5) is 5.69 Å². The van der Waals surface area contributed by atoms with Gasteiger partial charge in [0.1, 0.15) is 0 Å². The molecule has 0 radical (unpaired) electrons. The number of aliphatic hydroxyl groups is 1. The number of β-amino-alcohol motifs (C(OH)–C–C–N with tert-alkyl or cyclic N) is 1. The summed E-state index contributed by atoms with van der Waals surface area (Å²) in [4.78, 5) is 12.6. The lowest BCUT2D eigenvalue weighted by Crippen LogP contribution is -2.63. The molecule has 0 aromatic heterocycles. The Hall–Kier alpha value is -0.980. The fourth-order valence-corrected chi connectivity index (χ4v) is 2.81. The number of rotatable bonds is 4. The summed E-state index contributed by atoms with van der Waals surface area (Å²) in [6, 6.07) is 5.03. The average molecular weight is 329 g/mol. The van der Waals surface area contributed by atoms with Gasteiger partial charge in [0.25, 0.3) is 5.69 Å². The Labute approximate surface area is 120 Å². The molecule has 0 saturated carbocycles. The second-order valence-electron chi connectivity index (χ2n) is 5.41. The maximum atomic E-state index is 10.9. The summed E-state index contributed by atoms with van der Waals surface area (Å²) in [5, 5.41) is 21.0. The molecule has 0 aliphatic carbocycles. The Bertz CT molecular complexity index is 499. The molecule has 5 nitrogen and oxygen atoms in total. The molecular formula is C13H17BrN2O3. The van der Waals surface area contributed by atoms with Crippen molar-refractivity contribution in [3.63, 3.8) is 0 Å². The van der Waals surface area contributed by atoms with Crippen LogP contribution in [0.3, 0.4) is 0 Å². The maximum Gasteiger partial charge on any atom is 0.283 e. The van der Waals surface area contributed by atoms with Crippen LogP contribution in [-0.2, 0) is 6.54 Å². The molecule has 1 fully saturated rings. The van der Waals surface area contributed by atoms with Crippen LogP contribution >= 0.6 is 15.9 Å². The van der Waals surface area contributed by atoms with Crippen molar-refractivity contribution in [2.45, 2.75) is 26.0 Å². The van der Waals surface area contributed by atoms with E-state index >= 15 is 0 Å². The molecule has 1 aromatic carbocycles. The maximum absolute atomic E-state index is 10.9. The number of hydrogen-bond acceptors (Lipinski definition) is 4. The monoisotopic (exact) mass is 328 g/mol. The molecule has 1 N–H and O–H groups in total. The van der Waals surface area contributed by atoms with E-state index in [-0.39, 0.29) is 11.6 Å². The normalized spacial score (nSPS) is 18.4. The van der Waals surface area contributed by atoms with Gasteiger partial charge in [-0.3, -0.25) is 15.0 Å². The fourth-order valence-electron chi connectivity index (χ4n) is 2.28. The summed E-state index contributed by atoms with van der Waals surface area (Å²) < 4.78 is 0.528. The third-order valence-electron chi connectivity index (χ3n) is 3.72. The molecule has 0 amide bonds. The predicted octanol–water partition coefficient (Wildman–Crippen LogP) is 2.56. The van der Waals surface area contributed by atoms with Gasteiger partial charge >= 0.3 is 0 Å². The van der Waals surface area contributed by atoms with Gasteiger partial charge in [0.05, 0.1) is 15.0 Å². The highest BCUT2D eigenvalue weighted by Gasteiger charge is 2.43. The Morgan fingerprint density at radius 1 is 1.53 bits per heavy atom. The van der Waals surface area contributed by atoms with Gasteiger partial charge in [0, 0.05) is 25.7 Å². The van der Waals surface area contributed by atoms with Crippen molar-refractivity contribution in [2.24, 2.45) is 5.92 Å². The molecule has 6 heteroatoms. The van der Waals surface area contributed by atoms with Gasteiger partial charge in [-0.15, -0.1) is 0 Å². The first-order chi connectivity index (χ1) is 8.83. The molecule has 1 heterocycles. The molecule has 0 atom stereocenters. The molecule has 19 heavy (non-hydrogen) atoms. The fraction of sp³-hybridized carbons (Fsp3) is 0.538. The highest BCUT2D eigenvalue weighted by atomic mass is 79.9. The molecule has 2 rings (SSSR count). The molecule has 1 aliphatic heterocycles. The van der Waals surface area contributed by atoms with Crippen LogP contribution in [0, 0.1) is 16.0 Å². The summed E-state index contributed by atoms with van der Waals surface area (Å²) in [5.74, 6) is 0.220. The van der Waals surface area contributed by atoms with E-state index < -0.39 is 10.5 Å². The zero-order valence-corrected chi connectivity index (χ0v) is 12.6.